The summed E-state index contributed by atoms with van der Waals surface area (Å²) in [6.45, 7) is 5.01. The lowest BCUT2D eigenvalue weighted by Crippen LogP contribution is -2.29. The second-order valence-electron chi connectivity index (χ2n) is 4.72. The zero-order valence-electron chi connectivity index (χ0n) is 11.8. The molecule has 0 fully saturated rings. The molecule has 19 heavy (non-hydrogen) atoms. The fourth-order valence-corrected chi connectivity index (χ4v) is 1.88. The molecule has 0 aliphatic heterocycles. The van der Waals surface area contributed by atoms with Crippen LogP contribution in [0.25, 0.3) is 0 Å². The van der Waals surface area contributed by atoms with E-state index in [0.717, 1.165) is 25.0 Å². The van der Waals surface area contributed by atoms with Crippen LogP contribution in [-0.4, -0.2) is 12.5 Å². The molecule has 1 amide bonds. The van der Waals surface area contributed by atoms with E-state index in [2.05, 4.69) is 25.3 Å². The van der Waals surface area contributed by atoms with E-state index >= 15 is 0 Å². The topological polar surface area (TPSA) is 64.3 Å². The first-order chi connectivity index (χ1) is 9.19. The zero-order chi connectivity index (χ0) is 14.1. The summed E-state index contributed by atoms with van der Waals surface area (Å²) in [6.07, 6.45) is 3.18. The number of ether oxygens (including phenoxy) is 1. The molecule has 1 aromatic carbocycles. The second-order valence-corrected chi connectivity index (χ2v) is 4.72. The minimum Gasteiger partial charge on any atom is -0.493 e. The summed E-state index contributed by atoms with van der Waals surface area (Å²) in [6, 6.07) is 8.16. The summed E-state index contributed by atoms with van der Waals surface area (Å²) < 4.78 is 5.81. The van der Waals surface area contributed by atoms with Crippen molar-refractivity contribution in [2.24, 2.45) is 5.84 Å². The van der Waals surface area contributed by atoms with Crippen molar-refractivity contribution in [3.63, 3.8) is 0 Å². The Kier molecular flexibility index (Phi) is 6.97. The van der Waals surface area contributed by atoms with Crippen molar-refractivity contribution in [1.29, 1.82) is 0 Å². The highest BCUT2D eigenvalue weighted by Gasteiger charge is 2.09. The Morgan fingerprint density at radius 3 is 2.79 bits per heavy atom. The standard InChI is InChI=1S/C15H24N2O2/c1-3-12(2)13-8-4-5-9-14(13)19-11-7-6-10-15(18)17-16/h4-5,8-9,12H,3,6-7,10-11,16H2,1-2H3,(H,17,18). The van der Waals surface area contributed by atoms with Crippen LogP contribution in [-0.2, 0) is 4.79 Å². The van der Waals surface area contributed by atoms with Crippen molar-refractivity contribution in [2.45, 2.75) is 45.4 Å². The van der Waals surface area contributed by atoms with Crippen LogP contribution in [0.15, 0.2) is 24.3 Å². The van der Waals surface area contributed by atoms with Gasteiger partial charge in [0.15, 0.2) is 0 Å². The molecule has 3 N–H and O–H groups in total. The van der Waals surface area contributed by atoms with Gasteiger partial charge in [-0.15, -0.1) is 0 Å². The minimum absolute atomic E-state index is 0.125. The molecule has 0 radical (unpaired) electrons. The number of para-hydroxylation sites is 1. The van der Waals surface area contributed by atoms with Gasteiger partial charge in [-0.1, -0.05) is 32.0 Å². The van der Waals surface area contributed by atoms with Gasteiger partial charge in [0, 0.05) is 6.42 Å². The highest BCUT2D eigenvalue weighted by molar-refractivity contribution is 5.75. The highest BCUT2D eigenvalue weighted by atomic mass is 16.5. The van der Waals surface area contributed by atoms with Crippen LogP contribution in [0.1, 0.15) is 51.0 Å². The Hall–Kier alpha value is -1.55. The van der Waals surface area contributed by atoms with Crippen LogP contribution in [0.4, 0.5) is 0 Å². The molecule has 1 unspecified atom stereocenters. The molecule has 1 rings (SSSR count). The van der Waals surface area contributed by atoms with E-state index in [-0.39, 0.29) is 5.91 Å². The van der Waals surface area contributed by atoms with Crippen molar-refractivity contribution in [3.8, 4) is 5.75 Å². The third-order valence-electron chi connectivity index (χ3n) is 3.28. The van der Waals surface area contributed by atoms with Crippen LogP contribution < -0.4 is 16.0 Å². The predicted octanol–water partition coefficient (Wildman–Crippen LogP) is 2.74. The van der Waals surface area contributed by atoms with Crippen LogP contribution in [0.5, 0.6) is 5.75 Å². The number of unbranched alkanes of at least 4 members (excludes halogenated alkanes) is 1. The van der Waals surface area contributed by atoms with Crippen molar-refractivity contribution in [3.05, 3.63) is 29.8 Å². The largest absolute Gasteiger partial charge is 0.493 e. The van der Waals surface area contributed by atoms with Gasteiger partial charge in [0.05, 0.1) is 6.61 Å². The number of hydrazine groups is 1. The summed E-state index contributed by atoms with van der Waals surface area (Å²) in [7, 11) is 0. The zero-order valence-corrected chi connectivity index (χ0v) is 11.8. The Balaban J connectivity index is 2.39. The SMILES string of the molecule is CCC(C)c1ccccc1OCCCCC(=O)NN. The van der Waals surface area contributed by atoms with Crippen molar-refractivity contribution < 1.29 is 9.53 Å². The fraction of sp³-hybridized carbons (Fsp3) is 0.533. The highest BCUT2D eigenvalue weighted by Crippen LogP contribution is 2.28. The van der Waals surface area contributed by atoms with Gasteiger partial charge in [-0.05, 0) is 36.8 Å². The van der Waals surface area contributed by atoms with E-state index in [1.165, 1.54) is 5.56 Å². The van der Waals surface area contributed by atoms with Crippen LogP contribution in [0, 0.1) is 0 Å². The fourth-order valence-electron chi connectivity index (χ4n) is 1.88. The van der Waals surface area contributed by atoms with Crippen LogP contribution >= 0.6 is 0 Å². The molecule has 0 saturated carbocycles. The molecule has 0 bridgehead atoms. The van der Waals surface area contributed by atoms with E-state index in [1.807, 2.05) is 18.2 Å². The molecule has 0 aliphatic rings. The molecule has 4 heteroatoms. The van der Waals surface area contributed by atoms with E-state index in [4.69, 9.17) is 10.6 Å². The molecular weight excluding hydrogens is 240 g/mol. The number of rotatable bonds is 8. The predicted molar refractivity (Wildman–Crippen MR) is 76.8 cm³/mol. The first kappa shape index (κ1) is 15.5. The number of amides is 1. The van der Waals surface area contributed by atoms with Crippen LogP contribution in [0.2, 0.25) is 0 Å². The van der Waals surface area contributed by atoms with Gasteiger partial charge in [0.2, 0.25) is 5.91 Å². The lowest BCUT2D eigenvalue weighted by Gasteiger charge is -2.15. The number of nitrogens with two attached hydrogens (primary N) is 1. The lowest BCUT2D eigenvalue weighted by molar-refractivity contribution is -0.121. The molecule has 106 valence electrons. The third kappa shape index (κ3) is 5.30. The first-order valence-electron chi connectivity index (χ1n) is 6.90. The molecule has 0 aliphatic carbocycles. The first-order valence-corrected chi connectivity index (χ1v) is 6.90. The maximum Gasteiger partial charge on any atom is 0.233 e. The van der Waals surface area contributed by atoms with Crippen molar-refractivity contribution >= 4 is 5.91 Å². The Bertz CT molecular complexity index is 393. The summed E-state index contributed by atoms with van der Waals surface area (Å²) in [5.74, 6) is 6.35. The average Bonchev–Trinajstić information content (AvgIpc) is 2.46. The number of hydrogen-bond acceptors (Lipinski definition) is 3. The molecule has 0 saturated heterocycles. The Morgan fingerprint density at radius 1 is 1.37 bits per heavy atom. The molecule has 1 atom stereocenters. The monoisotopic (exact) mass is 264 g/mol. The Labute approximate surface area is 115 Å². The number of benzene rings is 1. The van der Waals surface area contributed by atoms with Gasteiger partial charge in [-0.25, -0.2) is 5.84 Å². The molecule has 0 spiro atoms. The van der Waals surface area contributed by atoms with Crippen molar-refractivity contribution in [1.82, 2.24) is 5.43 Å². The smallest absolute Gasteiger partial charge is 0.233 e. The lowest BCUT2D eigenvalue weighted by atomic mass is 9.98. The summed E-state index contributed by atoms with van der Waals surface area (Å²) in [4.78, 5) is 11.0. The van der Waals surface area contributed by atoms with Crippen LogP contribution in [0.3, 0.4) is 0 Å². The Morgan fingerprint density at radius 2 is 2.11 bits per heavy atom. The van der Waals surface area contributed by atoms with Crippen molar-refractivity contribution in [2.75, 3.05) is 6.61 Å². The number of hydrogen-bond donors (Lipinski definition) is 2. The maximum absolute atomic E-state index is 11.0. The number of carbonyl (C=O) groups excluding carboxylic acids is 1. The summed E-state index contributed by atoms with van der Waals surface area (Å²) >= 11 is 0. The number of nitrogens with one attached hydrogen (secondary N) is 1. The maximum atomic E-state index is 11.0. The van der Waals surface area contributed by atoms with Gasteiger partial charge in [-0.2, -0.15) is 0 Å². The molecule has 4 nitrogen and oxygen atoms in total. The van der Waals surface area contributed by atoms with Gasteiger partial charge in [0.25, 0.3) is 0 Å². The second kappa shape index (κ2) is 8.53. The molecule has 0 aromatic heterocycles. The van der Waals surface area contributed by atoms with Gasteiger partial charge in [-0.3, -0.25) is 10.2 Å². The third-order valence-corrected chi connectivity index (χ3v) is 3.28. The quantitative estimate of drug-likeness (QED) is 0.328. The molecule has 1 aromatic rings. The summed E-state index contributed by atoms with van der Waals surface area (Å²) in [5.41, 5.74) is 3.38. The molecule has 0 heterocycles. The normalized spacial score (nSPS) is 11.9. The van der Waals surface area contributed by atoms with E-state index in [9.17, 15) is 4.79 Å². The average molecular weight is 264 g/mol. The van der Waals surface area contributed by atoms with Gasteiger partial charge in [0.1, 0.15) is 5.75 Å². The molecular formula is C15H24N2O2. The summed E-state index contributed by atoms with van der Waals surface area (Å²) in [5, 5.41) is 0. The van der Waals surface area contributed by atoms with E-state index in [0.29, 0.717) is 18.9 Å². The van der Waals surface area contributed by atoms with Gasteiger partial charge < -0.3 is 4.74 Å². The van der Waals surface area contributed by atoms with E-state index in [1.54, 1.807) is 0 Å². The number of carbonyl (C=O) groups is 1. The van der Waals surface area contributed by atoms with Gasteiger partial charge >= 0.3 is 0 Å². The minimum atomic E-state index is -0.125. The van der Waals surface area contributed by atoms with E-state index < -0.39 is 0 Å².